The Morgan fingerprint density at radius 2 is 2.04 bits per heavy atom. The molecule has 5 heteroatoms. The van der Waals surface area contributed by atoms with Crippen molar-refractivity contribution < 1.29 is 5.11 Å². The van der Waals surface area contributed by atoms with E-state index in [1.807, 2.05) is 0 Å². The molecule has 130 valence electrons. The topological polar surface area (TPSA) is 47.9 Å². The van der Waals surface area contributed by atoms with Gasteiger partial charge in [-0.15, -0.1) is 24.0 Å². The molecule has 0 spiro atoms. The first-order valence-electron chi connectivity index (χ1n) is 8.46. The van der Waals surface area contributed by atoms with Crippen LogP contribution in [0, 0.1) is 0 Å². The van der Waals surface area contributed by atoms with Gasteiger partial charge >= 0.3 is 0 Å². The van der Waals surface area contributed by atoms with Crippen LogP contribution >= 0.6 is 24.0 Å². The van der Waals surface area contributed by atoms with Crippen LogP contribution in [0.4, 0.5) is 0 Å². The van der Waals surface area contributed by atoms with E-state index in [-0.39, 0.29) is 30.1 Å². The minimum atomic E-state index is -0.225. The second kappa shape index (κ2) is 9.22. The molecule has 0 bridgehead atoms. The van der Waals surface area contributed by atoms with Gasteiger partial charge in [0.25, 0.3) is 0 Å². The second-order valence-corrected chi connectivity index (χ2v) is 6.01. The zero-order chi connectivity index (χ0) is 16.1. The first-order chi connectivity index (χ1) is 11.3. The Kier molecular flexibility index (Phi) is 7.30. The Labute approximate surface area is 161 Å². The van der Waals surface area contributed by atoms with Crippen molar-refractivity contribution in [2.75, 3.05) is 26.2 Å². The Balaban J connectivity index is 0.00000208. The average molecular weight is 439 g/mol. The van der Waals surface area contributed by atoms with Gasteiger partial charge in [0.1, 0.15) is 0 Å². The smallest absolute Gasteiger partial charge is 0.194 e. The van der Waals surface area contributed by atoms with E-state index in [1.165, 1.54) is 16.3 Å². The molecule has 0 aliphatic carbocycles. The lowest BCUT2D eigenvalue weighted by Gasteiger charge is -2.21. The molecule has 0 saturated carbocycles. The zero-order valence-corrected chi connectivity index (χ0v) is 16.4. The minimum Gasteiger partial charge on any atom is -0.391 e. The number of guanidine groups is 1. The molecule has 1 fully saturated rings. The summed E-state index contributed by atoms with van der Waals surface area (Å²) >= 11 is 0. The van der Waals surface area contributed by atoms with Crippen molar-refractivity contribution in [1.29, 1.82) is 0 Å². The Bertz CT molecular complexity index is 684. The molecule has 4 nitrogen and oxygen atoms in total. The number of nitrogens with zero attached hydrogens (tertiary/aromatic N) is 2. The van der Waals surface area contributed by atoms with E-state index in [2.05, 4.69) is 59.6 Å². The first kappa shape index (κ1) is 19.0. The fraction of sp³-hybridized carbons (Fsp3) is 0.421. The van der Waals surface area contributed by atoms with Crippen molar-refractivity contribution in [2.45, 2.75) is 25.9 Å². The molecule has 1 aliphatic rings. The van der Waals surface area contributed by atoms with Gasteiger partial charge in [-0.3, -0.25) is 4.99 Å². The highest BCUT2D eigenvalue weighted by Crippen LogP contribution is 2.19. The Morgan fingerprint density at radius 1 is 1.25 bits per heavy atom. The lowest BCUT2D eigenvalue weighted by molar-refractivity contribution is 0.188. The van der Waals surface area contributed by atoms with Gasteiger partial charge < -0.3 is 15.3 Å². The van der Waals surface area contributed by atoms with Gasteiger partial charge in [0.2, 0.25) is 0 Å². The molecule has 0 unspecified atom stereocenters. The molecule has 0 amide bonds. The molecular weight excluding hydrogens is 413 g/mol. The molecule has 0 aromatic heterocycles. The third-order valence-electron chi connectivity index (χ3n) is 4.32. The summed E-state index contributed by atoms with van der Waals surface area (Å²) < 4.78 is 0. The van der Waals surface area contributed by atoms with Gasteiger partial charge in [-0.25, -0.2) is 0 Å². The molecule has 1 saturated heterocycles. The normalized spacial score (nSPS) is 17.8. The SMILES string of the molecule is CCNC(=NCCc1cccc2ccccc12)N1CC[C@@H](O)C1.I. The monoisotopic (exact) mass is 439 g/mol. The average Bonchev–Trinajstić information content (AvgIpc) is 3.00. The van der Waals surface area contributed by atoms with Crippen LogP contribution in [0.3, 0.4) is 0 Å². The van der Waals surface area contributed by atoms with Crippen molar-refractivity contribution in [3.05, 3.63) is 48.0 Å². The van der Waals surface area contributed by atoms with Crippen LogP contribution in [-0.4, -0.2) is 48.2 Å². The van der Waals surface area contributed by atoms with E-state index in [0.29, 0.717) is 6.54 Å². The number of likely N-dealkylation sites (tertiary alicyclic amines) is 1. The third-order valence-corrected chi connectivity index (χ3v) is 4.32. The second-order valence-electron chi connectivity index (χ2n) is 6.01. The maximum atomic E-state index is 9.71. The third kappa shape index (κ3) is 4.60. The molecule has 1 atom stereocenters. The van der Waals surface area contributed by atoms with E-state index in [9.17, 15) is 5.11 Å². The van der Waals surface area contributed by atoms with Crippen LogP contribution in [0.2, 0.25) is 0 Å². The number of nitrogens with one attached hydrogen (secondary N) is 1. The number of hydrogen-bond acceptors (Lipinski definition) is 2. The summed E-state index contributed by atoms with van der Waals surface area (Å²) in [4.78, 5) is 6.90. The molecule has 2 aromatic rings. The predicted molar refractivity (Wildman–Crippen MR) is 111 cm³/mol. The minimum absolute atomic E-state index is 0. The summed E-state index contributed by atoms with van der Waals surface area (Å²) in [6.07, 6.45) is 1.53. The molecule has 3 rings (SSSR count). The fourth-order valence-corrected chi connectivity index (χ4v) is 3.15. The molecular formula is C19H26IN3O. The van der Waals surface area contributed by atoms with Crippen LogP contribution in [0.5, 0.6) is 0 Å². The number of hydrogen-bond donors (Lipinski definition) is 2. The van der Waals surface area contributed by atoms with E-state index < -0.39 is 0 Å². The van der Waals surface area contributed by atoms with Gasteiger partial charge in [-0.2, -0.15) is 0 Å². The first-order valence-corrected chi connectivity index (χ1v) is 8.46. The van der Waals surface area contributed by atoms with Gasteiger partial charge in [0, 0.05) is 26.2 Å². The van der Waals surface area contributed by atoms with Crippen molar-refractivity contribution in [1.82, 2.24) is 10.2 Å². The number of aliphatic hydroxyl groups is 1. The standard InChI is InChI=1S/C19H25N3O.HI/c1-2-20-19(22-13-11-17(23)14-22)21-12-10-16-8-5-7-15-6-3-4-9-18(15)16;/h3-9,17,23H,2,10-14H2,1H3,(H,20,21);1H/t17-;/m1./s1. The van der Waals surface area contributed by atoms with E-state index >= 15 is 0 Å². The highest BCUT2D eigenvalue weighted by Gasteiger charge is 2.22. The number of rotatable bonds is 4. The van der Waals surface area contributed by atoms with Gasteiger partial charge in [0.05, 0.1) is 6.10 Å². The van der Waals surface area contributed by atoms with Crippen LogP contribution < -0.4 is 5.32 Å². The summed E-state index contributed by atoms with van der Waals surface area (Å²) in [5, 5.41) is 15.6. The van der Waals surface area contributed by atoms with Crippen LogP contribution in [0.25, 0.3) is 10.8 Å². The maximum Gasteiger partial charge on any atom is 0.194 e. The molecule has 2 aromatic carbocycles. The number of β-amino-alcohol motifs (C(OH)–C–C–N with tert-alkyl or cyclic N) is 1. The van der Waals surface area contributed by atoms with Gasteiger partial charge in [-0.05, 0) is 36.1 Å². The lowest BCUT2D eigenvalue weighted by Crippen LogP contribution is -2.40. The van der Waals surface area contributed by atoms with Crippen molar-refractivity contribution in [3.63, 3.8) is 0 Å². The van der Waals surface area contributed by atoms with E-state index in [1.54, 1.807) is 0 Å². The summed E-state index contributed by atoms with van der Waals surface area (Å²) in [5.74, 6) is 0.921. The molecule has 1 heterocycles. The summed E-state index contributed by atoms with van der Waals surface area (Å²) in [7, 11) is 0. The lowest BCUT2D eigenvalue weighted by atomic mass is 10.0. The number of fused-ring (bicyclic) bond motifs is 1. The fourth-order valence-electron chi connectivity index (χ4n) is 3.15. The number of halogens is 1. The largest absolute Gasteiger partial charge is 0.391 e. The summed E-state index contributed by atoms with van der Waals surface area (Å²) in [6, 6.07) is 14.9. The Hall–Kier alpha value is -1.34. The molecule has 0 radical (unpaired) electrons. The van der Waals surface area contributed by atoms with E-state index in [4.69, 9.17) is 4.99 Å². The highest BCUT2D eigenvalue weighted by molar-refractivity contribution is 14.0. The predicted octanol–water partition coefficient (Wildman–Crippen LogP) is 3.03. The quantitative estimate of drug-likeness (QED) is 0.438. The van der Waals surface area contributed by atoms with Gasteiger partial charge in [0.15, 0.2) is 5.96 Å². The highest BCUT2D eigenvalue weighted by atomic mass is 127. The van der Waals surface area contributed by atoms with Crippen LogP contribution in [-0.2, 0) is 6.42 Å². The van der Waals surface area contributed by atoms with E-state index in [0.717, 1.165) is 38.4 Å². The van der Waals surface area contributed by atoms with Crippen molar-refractivity contribution in [3.8, 4) is 0 Å². The summed E-state index contributed by atoms with van der Waals surface area (Å²) in [5.41, 5.74) is 1.34. The molecule has 2 N–H and O–H groups in total. The van der Waals surface area contributed by atoms with Crippen molar-refractivity contribution in [2.24, 2.45) is 4.99 Å². The maximum absolute atomic E-state index is 9.71. The van der Waals surface area contributed by atoms with Gasteiger partial charge in [-0.1, -0.05) is 42.5 Å². The number of aliphatic hydroxyl groups excluding tert-OH is 1. The summed E-state index contributed by atoms with van der Waals surface area (Å²) in [6.45, 7) is 5.23. The number of aliphatic imine (C=N–C) groups is 1. The van der Waals surface area contributed by atoms with Crippen molar-refractivity contribution >= 4 is 40.7 Å². The molecule has 24 heavy (non-hydrogen) atoms. The molecule has 1 aliphatic heterocycles. The zero-order valence-electron chi connectivity index (χ0n) is 14.1. The van der Waals surface area contributed by atoms with Crippen LogP contribution in [0.15, 0.2) is 47.5 Å². The van der Waals surface area contributed by atoms with Crippen LogP contribution in [0.1, 0.15) is 18.9 Å². The number of benzene rings is 2. The Morgan fingerprint density at radius 3 is 2.79 bits per heavy atom.